The molecule has 1 aliphatic heterocycles. The summed E-state index contributed by atoms with van der Waals surface area (Å²) < 4.78 is 5.53. The molecular weight excluding hydrogens is 300 g/mol. The zero-order chi connectivity index (χ0) is 16.8. The normalized spacial score (nSPS) is 22.2. The molecule has 0 bridgehead atoms. The second-order valence-electron chi connectivity index (χ2n) is 7.37. The largest absolute Gasteiger partial charge is 0.370 e. The van der Waals surface area contributed by atoms with Crippen LogP contribution in [-0.2, 0) is 9.53 Å². The van der Waals surface area contributed by atoms with E-state index in [0.717, 1.165) is 26.3 Å². The van der Waals surface area contributed by atoms with E-state index in [2.05, 4.69) is 42.6 Å². The number of hydrogen-bond donors (Lipinski definition) is 2. The minimum atomic E-state index is 0.134. The van der Waals surface area contributed by atoms with Gasteiger partial charge in [0, 0.05) is 12.0 Å². The van der Waals surface area contributed by atoms with E-state index in [1.54, 1.807) is 0 Å². The van der Waals surface area contributed by atoms with Gasteiger partial charge in [-0.05, 0) is 25.7 Å². The lowest BCUT2D eigenvalue weighted by molar-refractivity contribution is -0.940. The van der Waals surface area contributed by atoms with Crippen molar-refractivity contribution in [2.45, 2.75) is 51.1 Å². The van der Waals surface area contributed by atoms with E-state index in [9.17, 15) is 4.79 Å². The molecule has 4 heteroatoms. The predicted molar refractivity (Wildman–Crippen MR) is 94.9 cm³/mol. The van der Waals surface area contributed by atoms with Gasteiger partial charge in [-0.15, -0.1) is 0 Å². The van der Waals surface area contributed by atoms with Gasteiger partial charge in [0.2, 0.25) is 5.91 Å². The first-order valence-electron chi connectivity index (χ1n) is 9.50. The second-order valence-corrected chi connectivity index (χ2v) is 7.37. The molecule has 24 heavy (non-hydrogen) atoms. The highest BCUT2D eigenvalue weighted by molar-refractivity contribution is 5.76. The summed E-state index contributed by atoms with van der Waals surface area (Å²) in [5, 5.41) is 3.30. The summed E-state index contributed by atoms with van der Waals surface area (Å²) in [7, 11) is 0. The molecule has 1 amide bonds. The van der Waals surface area contributed by atoms with Crippen LogP contribution in [-0.4, -0.2) is 38.3 Å². The van der Waals surface area contributed by atoms with Crippen LogP contribution in [0.2, 0.25) is 0 Å². The van der Waals surface area contributed by atoms with Crippen LogP contribution in [0.1, 0.15) is 50.6 Å². The van der Waals surface area contributed by atoms with Gasteiger partial charge in [0.05, 0.1) is 19.3 Å². The van der Waals surface area contributed by atoms with Crippen molar-refractivity contribution in [2.75, 3.05) is 26.3 Å². The average Bonchev–Trinajstić information content (AvgIpc) is 3.10. The lowest BCUT2D eigenvalue weighted by Gasteiger charge is -2.35. The topological polar surface area (TPSA) is 42.8 Å². The molecule has 1 aliphatic carbocycles. The van der Waals surface area contributed by atoms with Gasteiger partial charge in [-0.25, -0.2) is 0 Å². The number of rotatable bonds is 6. The van der Waals surface area contributed by atoms with Crippen LogP contribution in [0.3, 0.4) is 0 Å². The summed E-state index contributed by atoms with van der Waals surface area (Å²) in [5.41, 5.74) is 1.31. The van der Waals surface area contributed by atoms with Gasteiger partial charge in [0.15, 0.2) is 0 Å². The fourth-order valence-electron chi connectivity index (χ4n) is 4.36. The maximum Gasteiger partial charge on any atom is 0.220 e. The molecule has 2 aliphatic rings. The van der Waals surface area contributed by atoms with Crippen LogP contribution in [0.4, 0.5) is 0 Å². The number of quaternary nitrogens is 1. The first-order chi connectivity index (χ1) is 11.7. The molecule has 2 atom stereocenters. The molecule has 1 aromatic carbocycles. The molecule has 1 saturated carbocycles. The molecule has 132 valence electrons. The SMILES string of the molecule is C[C@H](NC(=O)CC1CCCC1)[C@@H](c1ccccc1)[NH+]1CCOCC1. The van der Waals surface area contributed by atoms with Crippen LogP contribution in [0.25, 0.3) is 0 Å². The van der Waals surface area contributed by atoms with Crippen LogP contribution in [0.15, 0.2) is 30.3 Å². The molecule has 3 rings (SSSR count). The fourth-order valence-corrected chi connectivity index (χ4v) is 4.36. The Morgan fingerprint density at radius 2 is 1.88 bits per heavy atom. The minimum absolute atomic E-state index is 0.134. The molecule has 2 fully saturated rings. The maximum atomic E-state index is 12.5. The number of hydrogen-bond acceptors (Lipinski definition) is 2. The Labute approximate surface area is 145 Å². The zero-order valence-electron chi connectivity index (χ0n) is 14.8. The molecule has 0 aromatic heterocycles. The molecule has 2 N–H and O–H groups in total. The first-order valence-corrected chi connectivity index (χ1v) is 9.50. The van der Waals surface area contributed by atoms with Crippen LogP contribution < -0.4 is 10.2 Å². The maximum absolute atomic E-state index is 12.5. The van der Waals surface area contributed by atoms with Gasteiger partial charge >= 0.3 is 0 Å². The smallest absolute Gasteiger partial charge is 0.220 e. The summed E-state index contributed by atoms with van der Waals surface area (Å²) >= 11 is 0. The Hall–Kier alpha value is -1.39. The van der Waals surface area contributed by atoms with Gasteiger partial charge in [0.25, 0.3) is 0 Å². The summed E-state index contributed by atoms with van der Waals surface area (Å²) in [4.78, 5) is 14.0. The van der Waals surface area contributed by atoms with Crippen molar-refractivity contribution < 1.29 is 14.4 Å². The summed E-state index contributed by atoms with van der Waals surface area (Å²) in [6, 6.07) is 11.0. The average molecular weight is 331 g/mol. The third kappa shape index (κ3) is 4.58. The molecule has 4 nitrogen and oxygen atoms in total. The standard InChI is InChI=1S/C20H30N2O2/c1-16(21-19(23)15-17-7-5-6-8-17)20(18-9-3-2-4-10-18)22-11-13-24-14-12-22/h2-4,9-10,16-17,20H,5-8,11-15H2,1H3,(H,21,23)/p+1/t16-,20-/m0/s1. The predicted octanol–water partition coefficient (Wildman–Crippen LogP) is 1.73. The summed E-state index contributed by atoms with van der Waals surface area (Å²) in [6.45, 7) is 5.78. The van der Waals surface area contributed by atoms with E-state index in [-0.39, 0.29) is 11.9 Å². The molecule has 0 spiro atoms. The number of benzene rings is 1. The Balaban J connectivity index is 1.65. The van der Waals surface area contributed by atoms with Gasteiger partial charge in [-0.1, -0.05) is 43.2 Å². The van der Waals surface area contributed by atoms with Gasteiger partial charge < -0.3 is 15.0 Å². The van der Waals surface area contributed by atoms with Gasteiger partial charge in [-0.2, -0.15) is 0 Å². The molecule has 1 saturated heterocycles. The Kier molecular flexibility index (Phi) is 6.27. The van der Waals surface area contributed by atoms with Crippen molar-refractivity contribution in [2.24, 2.45) is 5.92 Å². The monoisotopic (exact) mass is 331 g/mol. The number of carbonyl (C=O) groups is 1. The zero-order valence-corrected chi connectivity index (χ0v) is 14.8. The Morgan fingerprint density at radius 3 is 2.54 bits per heavy atom. The van der Waals surface area contributed by atoms with E-state index >= 15 is 0 Å². The van der Waals surface area contributed by atoms with E-state index < -0.39 is 0 Å². The Bertz CT molecular complexity index is 508. The van der Waals surface area contributed by atoms with Crippen molar-refractivity contribution in [3.63, 3.8) is 0 Å². The van der Waals surface area contributed by atoms with Crippen LogP contribution in [0.5, 0.6) is 0 Å². The number of carbonyl (C=O) groups excluding carboxylic acids is 1. The fraction of sp³-hybridized carbons (Fsp3) is 0.650. The van der Waals surface area contributed by atoms with Crippen molar-refractivity contribution >= 4 is 5.91 Å². The lowest BCUT2D eigenvalue weighted by atomic mass is 9.97. The van der Waals surface area contributed by atoms with E-state index in [4.69, 9.17) is 4.74 Å². The van der Waals surface area contributed by atoms with Crippen LogP contribution >= 0.6 is 0 Å². The number of amides is 1. The van der Waals surface area contributed by atoms with E-state index in [1.807, 2.05) is 0 Å². The molecule has 0 radical (unpaired) electrons. The number of ether oxygens (including phenoxy) is 1. The van der Waals surface area contributed by atoms with E-state index in [1.165, 1.54) is 36.1 Å². The summed E-state index contributed by atoms with van der Waals surface area (Å²) in [5.74, 6) is 0.825. The lowest BCUT2D eigenvalue weighted by Crippen LogP contribution is -3.15. The van der Waals surface area contributed by atoms with Crippen molar-refractivity contribution in [1.29, 1.82) is 0 Å². The van der Waals surface area contributed by atoms with Crippen molar-refractivity contribution in [3.05, 3.63) is 35.9 Å². The van der Waals surface area contributed by atoms with E-state index in [0.29, 0.717) is 18.4 Å². The number of nitrogens with one attached hydrogen (secondary N) is 2. The van der Waals surface area contributed by atoms with Crippen LogP contribution in [0, 0.1) is 5.92 Å². The highest BCUT2D eigenvalue weighted by Crippen LogP contribution is 2.27. The first kappa shape index (κ1) is 17.4. The second kappa shape index (κ2) is 8.63. The Morgan fingerprint density at radius 1 is 1.21 bits per heavy atom. The highest BCUT2D eigenvalue weighted by atomic mass is 16.5. The third-order valence-corrected chi connectivity index (χ3v) is 5.57. The molecule has 1 aromatic rings. The van der Waals surface area contributed by atoms with Gasteiger partial charge in [-0.3, -0.25) is 4.79 Å². The molecule has 0 unspecified atom stereocenters. The minimum Gasteiger partial charge on any atom is -0.370 e. The molecule has 1 heterocycles. The number of morpholine rings is 1. The third-order valence-electron chi connectivity index (χ3n) is 5.57. The highest BCUT2D eigenvalue weighted by Gasteiger charge is 2.32. The molecular formula is C20H31N2O2+. The van der Waals surface area contributed by atoms with Gasteiger partial charge in [0.1, 0.15) is 19.1 Å². The quantitative estimate of drug-likeness (QED) is 0.834. The van der Waals surface area contributed by atoms with Crippen molar-refractivity contribution in [3.8, 4) is 0 Å². The summed E-state index contributed by atoms with van der Waals surface area (Å²) in [6.07, 6.45) is 5.72. The van der Waals surface area contributed by atoms with Crippen molar-refractivity contribution in [1.82, 2.24) is 5.32 Å².